The monoisotopic (exact) mass is 359 g/mol. The summed E-state index contributed by atoms with van der Waals surface area (Å²) in [5.41, 5.74) is 1.17. The number of likely N-dealkylation sites (N-methyl/N-ethyl adjacent to an activating group) is 1. The number of rotatable bonds is 5. The number of likely N-dealkylation sites (tertiary alicyclic amines) is 1. The Hall–Kier alpha value is -2.90. The van der Waals surface area contributed by atoms with Crippen molar-refractivity contribution < 1.29 is 24.0 Å². The number of para-hydroxylation sites is 1. The number of carbonyl (C=O) groups excluding carboxylic acids is 2. The van der Waals surface area contributed by atoms with Crippen molar-refractivity contribution in [3.8, 4) is 0 Å². The zero-order valence-corrected chi connectivity index (χ0v) is 14.6. The van der Waals surface area contributed by atoms with Gasteiger partial charge in [0, 0.05) is 25.5 Å². The van der Waals surface area contributed by atoms with Crippen molar-refractivity contribution in [1.29, 1.82) is 0 Å². The van der Waals surface area contributed by atoms with Gasteiger partial charge >= 0.3 is 5.97 Å². The maximum atomic E-state index is 12.4. The Kier molecular flexibility index (Phi) is 5.20. The van der Waals surface area contributed by atoms with Gasteiger partial charge in [-0.3, -0.25) is 14.4 Å². The van der Waals surface area contributed by atoms with Crippen LogP contribution in [-0.2, 0) is 20.8 Å². The molecule has 8 heteroatoms. The second-order valence-corrected chi connectivity index (χ2v) is 6.55. The summed E-state index contributed by atoms with van der Waals surface area (Å²) in [6, 6.07) is 7.30. The minimum Gasteiger partial charge on any atom is -0.481 e. The van der Waals surface area contributed by atoms with Crippen LogP contribution in [0.1, 0.15) is 18.5 Å². The lowest BCUT2D eigenvalue weighted by atomic mass is 9.97. The smallest absolute Gasteiger partial charge is 0.306 e. The zero-order chi connectivity index (χ0) is 18.7. The number of aliphatic carboxylic acids is 1. The molecule has 0 aliphatic carbocycles. The van der Waals surface area contributed by atoms with Crippen LogP contribution >= 0.6 is 0 Å². The summed E-state index contributed by atoms with van der Waals surface area (Å²) in [6.07, 6.45) is 0.954. The molecule has 0 unspecified atom stereocenters. The Bertz CT molecular complexity index is 823. The van der Waals surface area contributed by atoms with Gasteiger partial charge in [-0.1, -0.05) is 17.3 Å². The van der Waals surface area contributed by atoms with E-state index in [-0.39, 0.29) is 30.7 Å². The average Bonchev–Trinajstić information content (AvgIpc) is 3.04. The van der Waals surface area contributed by atoms with Gasteiger partial charge in [0.05, 0.1) is 18.9 Å². The van der Waals surface area contributed by atoms with Crippen LogP contribution in [0.3, 0.4) is 0 Å². The fraction of sp³-hybridized carbons (Fsp3) is 0.444. The molecule has 1 aliphatic heterocycles. The van der Waals surface area contributed by atoms with Gasteiger partial charge in [0.25, 0.3) is 0 Å². The van der Waals surface area contributed by atoms with Crippen molar-refractivity contribution in [3.05, 3.63) is 30.0 Å². The highest BCUT2D eigenvalue weighted by atomic mass is 16.5. The van der Waals surface area contributed by atoms with E-state index in [2.05, 4.69) is 5.16 Å². The molecule has 26 heavy (non-hydrogen) atoms. The standard InChI is InChI=1S/C18H21N3O5/c1-20(11-17(23)21-8-6-12(7-9-21)18(24)25)16(22)10-14-13-4-2-3-5-15(13)26-19-14/h2-5,12H,6-11H2,1H3,(H,24,25). The van der Waals surface area contributed by atoms with E-state index in [1.807, 2.05) is 18.2 Å². The van der Waals surface area contributed by atoms with E-state index in [1.54, 1.807) is 18.0 Å². The zero-order valence-electron chi connectivity index (χ0n) is 14.6. The largest absolute Gasteiger partial charge is 0.481 e. The van der Waals surface area contributed by atoms with Crippen molar-refractivity contribution >= 4 is 28.8 Å². The first-order valence-corrected chi connectivity index (χ1v) is 8.53. The number of carboxylic acid groups (broad SMARTS) is 1. The number of aromatic nitrogens is 1. The summed E-state index contributed by atoms with van der Waals surface area (Å²) in [6.45, 7) is 0.782. The Balaban J connectivity index is 1.54. The van der Waals surface area contributed by atoms with Crippen LogP contribution in [0, 0.1) is 5.92 Å². The summed E-state index contributed by atoms with van der Waals surface area (Å²) < 4.78 is 5.19. The Morgan fingerprint density at radius 1 is 1.27 bits per heavy atom. The molecule has 0 spiro atoms. The van der Waals surface area contributed by atoms with Crippen molar-refractivity contribution in [2.24, 2.45) is 5.92 Å². The fourth-order valence-electron chi connectivity index (χ4n) is 3.11. The second-order valence-electron chi connectivity index (χ2n) is 6.55. The normalized spacial score (nSPS) is 15.2. The molecular weight excluding hydrogens is 338 g/mol. The lowest BCUT2D eigenvalue weighted by molar-refractivity contribution is -0.146. The number of carbonyl (C=O) groups is 3. The number of fused-ring (bicyclic) bond motifs is 1. The van der Waals surface area contributed by atoms with Gasteiger partial charge in [-0.2, -0.15) is 0 Å². The summed E-state index contributed by atoms with van der Waals surface area (Å²) >= 11 is 0. The van der Waals surface area contributed by atoms with E-state index in [9.17, 15) is 14.4 Å². The van der Waals surface area contributed by atoms with Crippen LogP contribution < -0.4 is 0 Å². The molecule has 1 saturated heterocycles. The highest BCUT2D eigenvalue weighted by Crippen LogP contribution is 2.19. The van der Waals surface area contributed by atoms with E-state index in [0.717, 1.165) is 5.39 Å². The Labute approximate surface area is 150 Å². The minimum absolute atomic E-state index is 0.0354. The van der Waals surface area contributed by atoms with Gasteiger partial charge in [0.2, 0.25) is 11.8 Å². The molecule has 8 nitrogen and oxygen atoms in total. The molecule has 1 N–H and O–H groups in total. The number of hydrogen-bond donors (Lipinski definition) is 1. The molecule has 0 saturated carbocycles. The topological polar surface area (TPSA) is 104 Å². The molecule has 3 rings (SSSR count). The van der Waals surface area contributed by atoms with Crippen LogP contribution in [0.2, 0.25) is 0 Å². The lowest BCUT2D eigenvalue weighted by Gasteiger charge is -2.31. The molecule has 138 valence electrons. The van der Waals surface area contributed by atoms with Crippen molar-refractivity contribution in [1.82, 2.24) is 15.0 Å². The molecule has 0 bridgehead atoms. The van der Waals surface area contributed by atoms with Gasteiger partial charge in [-0.05, 0) is 25.0 Å². The molecule has 1 fully saturated rings. The van der Waals surface area contributed by atoms with E-state index in [4.69, 9.17) is 9.63 Å². The van der Waals surface area contributed by atoms with Gasteiger partial charge in [0.15, 0.2) is 5.58 Å². The molecule has 2 aromatic rings. The molecule has 0 radical (unpaired) electrons. The number of hydrogen-bond acceptors (Lipinski definition) is 5. The molecule has 1 aromatic heterocycles. The number of amides is 2. The van der Waals surface area contributed by atoms with Crippen LogP contribution in [-0.4, -0.2) is 64.5 Å². The third-order valence-electron chi connectivity index (χ3n) is 4.77. The quantitative estimate of drug-likeness (QED) is 0.859. The van der Waals surface area contributed by atoms with E-state index >= 15 is 0 Å². The molecule has 1 aromatic carbocycles. The Morgan fingerprint density at radius 3 is 2.65 bits per heavy atom. The van der Waals surface area contributed by atoms with E-state index in [1.165, 1.54) is 4.90 Å². The van der Waals surface area contributed by atoms with Gasteiger partial charge in [0.1, 0.15) is 5.69 Å². The third-order valence-corrected chi connectivity index (χ3v) is 4.77. The SMILES string of the molecule is CN(CC(=O)N1CCC(C(=O)O)CC1)C(=O)Cc1noc2ccccc12. The van der Waals surface area contributed by atoms with E-state index in [0.29, 0.717) is 37.2 Å². The van der Waals surface area contributed by atoms with Crippen LogP contribution in [0.25, 0.3) is 11.0 Å². The predicted octanol–water partition coefficient (Wildman–Crippen LogP) is 1.15. The predicted molar refractivity (Wildman–Crippen MR) is 92.3 cm³/mol. The summed E-state index contributed by atoms with van der Waals surface area (Å²) in [5, 5.41) is 13.7. The average molecular weight is 359 g/mol. The highest BCUT2D eigenvalue weighted by molar-refractivity contribution is 5.89. The second kappa shape index (κ2) is 7.55. The van der Waals surface area contributed by atoms with Crippen molar-refractivity contribution in [2.45, 2.75) is 19.3 Å². The highest BCUT2D eigenvalue weighted by Gasteiger charge is 2.28. The van der Waals surface area contributed by atoms with Gasteiger partial charge in [-0.15, -0.1) is 0 Å². The maximum absolute atomic E-state index is 12.4. The van der Waals surface area contributed by atoms with Crippen LogP contribution in [0.5, 0.6) is 0 Å². The maximum Gasteiger partial charge on any atom is 0.306 e. The van der Waals surface area contributed by atoms with Crippen LogP contribution in [0.4, 0.5) is 0 Å². The van der Waals surface area contributed by atoms with Crippen molar-refractivity contribution in [2.75, 3.05) is 26.7 Å². The number of benzene rings is 1. The van der Waals surface area contributed by atoms with Gasteiger partial charge in [-0.25, -0.2) is 0 Å². The minimum atomic E-state index is -0.816. The lowest BCUT2D eigenvalue weighted by Crippen LogP contribution is -2.45. The molecule has 1 aliphatic rings. The fourth-order valence-corrected chi connectivity index (χ4v) is 3.11. The Morgan fingerprint density at radius 2 is 1.96 bits per heavy atom. The summed E-state index contributed by atoms with van der Waals surface area (Å²) in [5.74, 6) is -1.60. The third kappa shape index (κ3) is 3.84. The molecule has 0 atom stereocenters. The molecular formula is C18H21N3O5. The van der Waals surface area contributed by atoms with Gasteiger partial charge < -0.3 is 19.4 Å². The summed E-state index contributed by atoms with van der Waals surface area (Å²) in [7, 11) is 1.58. The van der Waals surface area contributed by atoms with E-state index < -0.39 is 5.97 Å². The first-order valence-electron chi connectivity index (χ1n) is 8.53. The summed E-state index contributed by atoms with van der Waals surface area (Å²) in [4.78, 5) is 38.7. The number of nitrogens with zero attached hydrogens (tertiary/aromatic N) is 3. The van der Waals surface area contributed by atoms with Crippen LogP contribution in [0.15, 0.2) is 28.8 Å². The molecule has 2 amide bonds. The first kappa shape index (κ1) is 17.9. The number of piperidine rings is 1. The molecule has 2 heterocycles. The first-order chi connectivity index (χ1) is 12.5. The van der Waals surface area contributed by atoms with Crippen molar-refractivity contribution in [3.63, 3.8) is 0 Å². The number of carboxylic acids is 1.